The molecule has 108 valence electrons. The SMILES string of the molecule is CC1CCC(C)(NC(=O)CC2(C(=O)O)CCC2)CC1. The normalized spacial score (nSPS) is 33.3. The van der Waals surface area contributed by atoms with Gasteiger partial charge in [-0.2, -0.15) is 0 Å². The van der Waals surface area contributed by atoms with Crippen molar-refractivity contribution in [3.63, 3.8) is 0 Å². The van der Waals surface area contributed by atoms with E-state index in [-0.39, 0.29) is 17.9 Å². The maximum Gasteiger partial charge on any atom is 0.310 e. The quantitative estimate of drug-likeness (QED) is 0.823. The lowest BCUT2D eigenvalue weighted by Gasteiger charge is -2.40. The molecule has 0 aliphatic heterocycles. The number of carboxylic acid groups (broad SMARTS) is 1. The smallest absolute Gasteiger partial charge is 0.310 e. The second-order valence-corrected chi connectivity index (χ2v) is 6.91. The van der Waals surface area contributed by atoms with Crippen LogP contribution in [0.5, 0.6) is 0 Å². The van der Waals surface area contributed by atoms with E-state index < -0.39 is 11.4 Å². The van der Waals surface area contributed by atoms with Crippen LogP contribution in [0, 0.1) is 11.3 Å². The molecular weight excluding hydrogens is 242 g/mol. The van der Waals surface area contributed by atoms with Crippen LogP contribution in [0.2, 0.25) is 0 Å². The molecule has 4 nitrogen and oxygen atoms in total. The van der Waals surface area contributed by atoms with E-state index in [9.17, 15) is 14.7 Å². The van der Waals surface area contributed by atoms with Crippen molar-refractivity contribution in [1.29, 1.82) is 0 Å². The first-order chi connectivity index (χ1) is 8.85. The molecule has 0 saturated heterocycles. The van der Waals surface area contributed by atoms with E-state index in [0.29, 0.717) is 12.8 Å². The predicted octanol–water partition coefficient (Wildman–Crippen LogP) is 2.72. The molecule has 0 bridgehead atoms. The minimum atomic E-state index is -0.809. The van der Waals surface area contributed by atoms with Gasteiger partial charge in [0.2, 0.25) is 5.91 Å². The summed E-state index contributed by atoms with van der Waals surface area (Å²) in [5, 5.41) is 12.3. The highest BCUT2D eigenvalue weighted by Gasteiger charge is 2.46. The number of carbonyl (C=O) groups excluding carboxylic acids is 1. The van der Waals surface area contributed by atoms with E-state index in [1.807, 2.05) is 0 Å². The Morgan fingerprint density at radius 2 is 1.79 bits per heavy atom. The fourth-order valence-corrected chi connectivity index (χ4v) is 3.28. The fourth-order valence-electron chi connectivity index (χ4n) is 3.28. The van der Waals surface area contributed by atoms with Crippen molar-refractivity contribution in [1.82, 2.24) is 5.32 Å². The third-order valence-electron chi connectivity index (χ3n) is 5.08. The summed E-state index contributed by atoms with van der Waals surface area (Å²) in [6.45, 7) is 4.33. The monoisotopic (exact) mass is 267 g/mol. The van der Waals surface area contributed by atoms with Crippen LogP contribution in [-0.2, 0) is 9.59 Å². The first-order valence-electron chi connectivity index (χ1n) is 7.40. The maximum atomic E-state index is 12.1. The van der Waals surface area contributed by atoms with Crippen molar-refractivity contribution in [2.24, 2.45) is 11.3 Å². The van der Waals surface area contributed by atoms with Gasteiger partial charge in [-0.1, -0.05) is 13.3 Å². The van der Waals surface area contributed by atoms with Crippen molar-refractivity contribution < 1.29 is 14.7 Å². The number of amides is 1. The van der Waals surface area contributed by atoms with Gasteiger partial charge in [0.15, 0.2) is 0 Å². The topological polar surface area (TPSA) is 66.4 Å². The number of carboxylic acids is 1. The van der Waals surface area contributed by atoms with Gasteiger partial charge in [0.25, 0.3) is 0 Å². The molecule has 0 aromatic carbocycles. The summed E-state index contributed by atoms with van der Waals surface area (Å²) in [7, 11) is 0. The van der Waals surface area contributed by atoms with Gasteiger partial charge >= 0.3 is 5.97 Å². The summed E-state index contributed by atoms with van der Waals surface area (Å²) < 4.78 is 0. The Morgan fingerprint density at radius 3 is 2.21 bits per heavy atom. The molecule has 2 aliphatic carbocycles. The second kappa shape index (κ2) is 5.14. The van der Waals surface area contributed by atoms with E-state index in [1.165, 1.54) is 0 Å². The second-order valence-electron chi connectivity index (χ2n) is 6.91. The summed E-state index contributed by atoms with van der Waals surface area (Å²) in [6, 6.07) is 0. The Bertz CT molecular complexity index is 366. The van der Waals surface area contributed by atoms with Crippen LogP contribution in [0.15, 0.2) is 0 Å². The fraction of sp³-hybridized carbons (Fsp3) is 0.867. The lowest BCUT2D eigenvalue weighted by atomic mass is 9.66. The Morgan fingerprint density at radius 1 is 1.21 bits per heavy atom. The van der Waals surface area contributed by atoms with Crippen molar-refractivity contribution in [2.75, 3.05) is 0 Å². The third-order valence-corrected chi connectivity index (χ3v) is 5.08. The highest BCUT2D eigenvalue weighted by molar-refractivity contribution is 5.86. The highest BCUT2D eigenvalue weighted by atomic mass is 16.4. The molecule has 4 heteroatoms. The molecule has 0 spiro atoms. The van der Waals surface area contributed by atoms with Crippen molar-refractivity contribution >= 4 is 11.9 Å². The van der Waals surface area contributed by atoms with Crippen molar-refractivity contribution in [3.05, 3.63) is 0 Å². The Balaban J connectivity index is 1.89. The standard InChI is InChI=1S/C15H25NO3/c1-11-4-8-14(2,9-5-11)16-12(17)10-15(13(18)19)6-3-7-15/h11H,3-10H2,1-2H3,(H,16,17)(H,18,19). The average Bonchev–Trinajstić information content (AvgIpc) is 2.27. The molecule has 0 aromatic rings. The summed E-state index contributed by atoms with van der Waals surface area (Å²) in [4.78, 5) is 23.4. The van der Waals surface area contributed by atoms with Gasteiger partial charge in [-0.25, -0.2) is 0 Å². The van der Waals surface area contributed by atoms with Gasteiger partial charge in [-0.15, -0.1) is 0 Å². The van der Waals surface area contributed by atoms with Crippen LogP contribution in [0.3, 0.4) is 0 Å². The van der Waals surface area contributed by atoms with Gasteiger partial charge in [0.1, 0.15) is 0 Å². The molecule has 0 aromatic heterocycles. The summed E-state index contributed by atoms with van der Waals surface area (Å²) in [5.74, 6) is -0.155. The molecule has 19 heavy (non-hydrogen) atoms. The summed E-state index contributed by atoms with van der Waals surface area (Å²) in [6.07, 6.45) is 6.64. The number of carbonyl (C=O) groups is 2. The first-order valence-corrected chi connectivity index (χ1v) is 7.40. The number of hydrogen-bond acceptors (Lipinski definition) is 2. The molecule has 0 radical (unpaired) electrons. The van der Waals surface area contributed by atoms with Crippen LogP contribution in [-0.4, -0.2) is 22.5 Å². The van der Waals surface area contributed by atoms with Gasteiger partial charge in [-0.05, 0) is 51.4 Å². The van der Waals surface area contributed by atoms with Gasteiger partial charge < -0.3 is 10.4 Å². The average molecular weight is 267 g/mol. The number of nitrogens with one attached hydrogen (secondary N) is 1. The molecule has 2 fully saturated rings. The van der Waals surface area contributed by atoms with E-state index in [0.717, 1.165) is 38.0 Å². The van der Waals surface area contributed by atoms with E-state index in [4.69, 9.17) is 0 Å². The largest absolute Gasteiger partial charge is 0.481 e. The predicted molar refractivity (Wildman–Crippen MR) is 72.7 cm³/mol. The zero-order chi connectivity index (χ0) is 14.1. The number of hydrogen-bond donors (Lipinski definition) is 2. The molecule has 1 amide bonds. The van der Waals surface area contributed by atoms with Gasteiger partial charge in [0.05, 0.1) is 5.41 Å². The van der Waals surface area contributed by atoms with E-state index >= 15 is 0 Å². The van der Waals surface area contributed by atoms with Gasteiger partial charge in [0, 0.05) is 12.0 Å². The zero-order valence-corrected chi connectivity index (χ0v) is 12.0. The van der Waals surface area contributed by atoms with Gasteiger partial charge in [-0.3, -0.25) is 9.59 Å². The Labute approximate surface area is 115 Å². The lowest BCUT2D eigenvalue weighted by Crippen LogP contribution is -2.51. The molecule has 2 rings (SSSR count). The van der Waals surface area contributed by atoms with Crippen molar-refractivity contribution in [2.45, 2.75) is 70.8 Å². The van der Waals surface area contributed by atoms with Crippen LogP contribution in [0.1, 0.15) is 65.2 Å². The molecule has 2 N–H and O–H groups in total. The summed E-state index contributed by atoms with van der Waals surface area (Å²) in [5.41, 5.74) is -0.907. The van der Waals surface area contributed by atoms with E-state index in [2.05, 4.69) is 19.2 Å². The lowest BCUT2D eigenvalue weighted by molar-refractivity contribution is -0.158. The van der Waals surface area contributed by atoms with Crippen LogP contribution in [0.4, 0.5) is 0 Å². The first kappa shape index (κ1) is 14.4. The summed E-state index contributed by atoms with van der Waals surface area (Å²) >= 11 is 0. The van der Waals surface area contributed by atoms with Crippen LogP contribution >= 0.6 is 0 Å². The third kappa shape index (κ3) is 3.10. The number of rotatable bonds is 4. The van der Waals surface area contributed by atoms with E-state index in [1.54, 1.807) is 0 Å². The van der Waals surface area contributed by atoms with Crippen molar-refractivity contribution in [3.8, 4) is 0 Å². The van der Waals surface area contributed by atoms with Crippen LogP contribution in [0.25, 0.3) is 0 Å². The minimum absolute atomic E-state index is 0.0841. The van der Waals surface area contributed by atoms with Crippen LogP contribution < -0.4 is 5.32 Å². The highest BCUT2D eigenvalue weighted by Crippen LogP contribution is 2.44. The molecule has 0 heterocycles. The maximum absolute atomic E-state index is 12.1. The molecule has 2 saturated carbocycles. The molecule has 0 unspecified atom stereocenters. The Kier molecular flexibility index (Phi) is 3.88. The Hall–Kier alpha value is -1.06. The molecular formula is C15H25NO3. The minimum Gasteiger partial charge on any atom is -0.481 e. The zero-order valence-electron chi connectivity index (χ0n) is 12.0. The number of aliphatic carboxylic acids is 1. The molecule has 2 aliphatic rings. The molecule has 0 atom stereocenters.